The van der Waals surface area contributed by atoms with E-state index in [1.807, 2.05) is 0 Å². The maximum Gasteiger partial charge on any atom is 0.339 e. The van der Waals surface area contributed by atoms with Gasteiger partial charge in [-0.05, 0) is 69.4 Å². The molecule has 0 unspecified atom stereocenters. The molecule has 1 N–H and O–H groups in total. The van der Waals surface area contributed by atoms with Crippen LogP contribution in [0.5, 0.6) is 0 Å². The molecule has 9 heteroatoms. The van der Waals surface area contributed by atoms with E-state index in [9.17, 15) is 20.1 Å². The highest BCUT2D eigenvalue weighted by atomic mass is 32.2. The van der Waals surface area contributed by atoms with E-state index in [2.05, 4.69) is 22.4 Å². The number of thioether (sulfide) groups is 1. The minimum absolute atomic E-state index is 0.0240. The van der Waals surface area contributed by atoms with Crippen LogP contribution in [0.2, 0.25) is 0 Å². The molecular formula is C24H24N4O3S2. The molecule has 7 nitrogen and oxygen atoms in total. The summed E-state index contributed by atoms with van der Waals surface area (Å²) >= 11 is 2.62. The number of ether oxygens (including phenoxy) is 1. The molecule has 0 fully saturated rings. The third kappa shape index (κ3) is 4.75. The summed E-state index contributed by atoms with van der Waals surface area (Å²) < 4.78 is 5.23. The number of pyridine rings is 1. The van der Waals surface area contributed by atoms with Crippen LogP contribution in [0.25, 0.3) is 0 Å². The number of hydrogen-bond acceptors (Lipinski definition) is 8. The summed E-state index contributed by atoms with van der Waals surface area (Å²) in [7, 11) is 0. The number of carbonyl (C=O) groups is 2. The van der Waals surface area contributed by atoms with E-state index >= 15 is 0 Å². The van der Waals surface area contributed by atoms with Crippen molar-refractivity contribution < 1.29 is 14.3 Å². The summed E-state index contributed by atoms with van der Waals surface area (Å²) in [4.78, 5) is 31.3. The van der Waals surface area contributed by atoms with Gasteiger partial charge in [-0.15, -0.1) is 11.3 Å². The number of nitrogens with one attached hydrogen (secondary N) is 1. The zero-order valence-corrected chi connectivity index (χ0v) is 20.1. The van der Waals surface area contributed by atoms with Gasteiger partial charge in [-0.2, -0.15) is 10.5 Å². The lowest BCUT2D eigenvalue weighted by molar-refractivity contribution is -0.113. The lowest BCUT2D eigenvalue weighted by Crippen LogP contribution is -2.19. The monoisotopic (exact) mass is 480 g/mol. The highest BCUT2D eigenvalue weighted by Gasteiger charge is 2.28. The molecule has 0 saturated carbocycles. The third-order valence-corrected chi connectivity index (χ3v) is 8.09. The summed E-state index contributed by atoms with van der Waals surface area (Å²) in [5, 5.41) is 23.3. The Balaban J connectivity index is 1.56. The van der Waals surface area contributed by atoms with E-state index in [-0.39, 0.29) is 23.8 Å². The largest absolute Gasteiger partial charge is 0.462 e. The second-order valence-corrected chi connectivity index (χ2v) is 10.1. The fraction of sp³-hybridized carbons (Fsp3) is 0.458. The Morgan fingerprint density at radius 3 is 2.48 bits per heavy atom. The van der Waals surface area contributed by atoms with Gasteiger partial charge in [0.2, 0.25) is 5.91 Å². The first-order valence-corrected chi connectivity index (χ1v) is 13.0. The minimum atomic E-state index is -0.510. The van der Waals surface area contributed by atoms with E-state index in [0.717, 1.165) is 73.5 Å². The van der Waals surface area contributed by atoms with Crippen molar-refractivity contribution in [2.24, 2.45) is 0 Å². The summed E-state index contributed by atoms with van der Waals surface area (Å²) in [6, 6.07) is 4.37. The van der Waals surface area contributed by atoms with Crippen LogP contribution in [0.15, 0.2) is 5.03 Å². The van der Waals surface area contributed by atoms with Crippen LogP contribution in [0, 0.1) is 22.7 Å². The van der Waals surface area contributed by atoms with Crippen LogP contribution in [0.3, 0.4) is 0 Å². The molecular weight excluding hydrogens is 456 g/mol. The lowest BCUT2D eigenvalue weighted by atomic mass is 9.90. The number of fused-ring (bicyclic) bond motifs is 2. The van der Waals surface area contributed by atoms with Gasteiger partial charge in [-0.1, -0.05) is 11.8 Å². The second kappa shape index (κ2) is 10.4. The predicted molar refractivity (Wildman–Crippen MR) is 127 cm³/mol. The fourth-order valence-electron chi connectivity index (χ4n) is 4.42. The average molecular weight is 481 g/mol. The summed E-state index contributed by atoms with van der Waals surface area (Å²) in [6.45, 7) is 1.95. The van der Waals surface area contributed by atoms with Crippen molar-refractivity contribution in [1.82, 2.24) is 4.98 Å². The van der Waals surface area contributed by atoms with E-state index < -0.39 is 5.97 Å². The number of esters is 1. The van der Waals surface area contributed by atoms with Crippen LogP contribution < -0.4 is 5.32 Å². The molecule has 2 heterocycles. The normalized spacial score (nSPS) is 14.4. The van der Waals surface area contributed by atoms with Gasteiger partial charge in [0.1, 0.15) is 22.2 Å². The molecule has 1 amide bonds. The van der Waals surface area contributed by atoms with Crippen molar-refractivity contribution in [3.8, 4) is 12.1 Å². The summed E-state index contributed by atoms with van der Waals surface area (Å²) in [6.07, 6.45) is 7.32. The first-order valence-electron chi connectivity index (χ1n) is 11.2. The smallest absolute Gasteiger partial charge is 0.339 e. The molecule has 2 aromatic rings. The van der Waals surface area contributed by atoms with Gasteiger partial charge in [-0.25, -0.2) is 9.78 Å². The molecule has 2 aliphatic rings. The quantitative estimate of drug-likeness (QED) is 0.476. The van der Waals surface area contributed by atoms with E-state index in [1.54, 1.807) is 6.92 Å². The molecule has 0 spiro atoms. The molecule has 0 atom stereocenters. The van der Waals surface area contributed by atoms with E-state index in [0.29, 0.717) is 27.6 Å². The first kappa shape index (κ1) is 23.3. The molecule has 170 valence electrons. The molecule has 0 saturated heterocycles. The van der Waals surface area contributed by atoms with Crippen molar-refractivity contribution in [3.05, 3.63) is 38.4 Å². The van der Waals surface area contributed by atoms with Gasteiger partial charge in [-0.3, -0.25) is 4.79 Å². The van der Waals surface area contributed by atoms with Gasteiger partial charge in [0, 0.05) is 10.6 Å². The third-order valence-electron chi connectivity index (χ3n) is 5.91. The Bertz CT molecular complexity index is 1190. The maximum absolute atomic E-state index is 12.7. The average Bonchev–Trinajstić information content (AvgIpc) is 3.18. The standard InChI is InChI=1S/C24H24N4O3S2/c1-2-31-24(30)21-15-8-3-5-9-18(15)27-22(17(21)12-26)32-13-20(29)28-23-16(11-25)14-7-4-6-10-19(14)33-23/h2-10,13H2,1H3,(H,28,29). The maximum atomic E-state index is 12.7. The van der Waals surface area contributed by atoms with E-state index in [1.165, 1.54) is 16.2 Å². The molecule has 2 aliphatic carbocycles. The Morgan fingerprint density at radius 1 is 1.06 bits per heavy atom. The van der Waals surface area contributed by atoms with Gasteiger partial charge in [0.05, 0.1) is 29.1 Å². The minimum Gasteiger partial charge on any atom is -0.462 e. The van der Waals surface area contributed by atoms with Gasteiger partial charge >= 0.3 is 5.97 Å². The number of rotatable bonds is 6. The van der Waals surface area contributed by atoms with Crippen LogP contribution in [0.4, 0.5) is 5.00 Å². The number of thiophene rings is 1. The summed E-state index contributed by atoms with van der Waals surface area (Å²) in [5.41, 5.74) is 3.72. The predicted octanol–water partition coefficient (Wildman–Crippen LogP) is 4.55. The highest BCUT2D eigenvalue weighted by Crippen LogP contribution is 2.38. The Labute approximate surface area is 201 Å². The highest BCUT2D eigenvalue weighted by molar-refractivity contribution is 8.00. The molecule has 0 aliphatic heterocycles. The topological polar surface area (TPSA) is 116 Å². The lowest BCUT2D eigenvalue weighted by Gasteiger charge is -2.20. The van der Waals surface area contributed by atoms with Crippen LogP contribution in [-0.2, 0) is 35.2 Å². The van der Waals surface area contributed by atoms with Crippen molar-refractivity contribution in [2.45, 2.75) is 63.3 Å². The Morgan fingerprint density at radius 2 is 1.76 bits per heavy atom. The number of nitrogens with zero attached hydrogens (tertiary/aromatic N) is 3. The fourth-order valence-corrected chi connectivity index (χ4v) is 6.49. The SMILES string of the molecule is CCOC(=O)c1c(C#N)c(SCC(=O)Nc2sc3c(c2C#N)CCCC3)nc2c1CCCC2. The molecule has 33 heavy (non-hydrogen) atoms. The number of nitriles is 2. The van der Waals surface area contributed by atoms with Crippen molar-refractivity contribution in [3.63, 3.8) is 0 Å². The molecule has 2 aromatic heterocycles. The first-order chi connectivity index (χ1) is 16.1. The number of carbonyl (C=O) groups excluding carboxylic acids is 2. The van der Waals surface area contributed by atoms with Crippen LogP contribution >= 0.6 is 23.1 Å². The van der Waals surface area contributed by atoms with Crippen molar-refractivity contribution in [1.29, 1.82) is 10.5 Å². The second-order valence-electron chi connectivity index (χ2n) is 8.00. The van der Waals surface area contributed by atoms with E-state index in [4.69, 9.17) is 4.74 Å². The number of anilines is 1. The zero-order chi connectivity index (χ0) is 23.4. The van der Waals surface area contributed by atoms with Gasteiger partial charge in [0.15, 0.2) is 0 Å². The zero-order valence-electron chi connectivity index (χ0n) is 18.5. The Hall–Kier alpha value is -2.88. The van der Waals surface area contributed by atoms with Gasteiger partial charge < -0.3 is 10.1 Å². The molecule has 0 radical (unpaired) electrons. The number of hydrogen-bond donors (Lipinski definition) is 1. The van der Waals surface area contributed by atoms with Crippen LogP contribution in [0.1, 0.15) is 75.8 Å². The number of aryl methyl sites for hydroxylation is 2. The number of aromatic nitrogens is 1. The molecule has 4 rings (SSSR count). The van der Waals surface area contributed by atoms with Crippen molar-refractivity contribution in [2.75, 3.05) is 17.7 Å². The van der Waals surface area contributed by atoms with Gasteiger partial charge in [0.25, 0.3) is 0 Å². The molecule has 0 bridgehead atoms. The van der Waals surface area contributed by atoms with Crippen molar-refractivity contribution >= 4 is 40.0 Å². The molecule has 0 aromatic carbocycles. The summed E-state index contributed by atoms with van der Waals surface area (Å²) in [5.74, 6) is -0.754. The Kier molecular flexibility index (Phi) is 7.32. The van der Waals surface area contributed by atoms with Crippen LogP contribution in [-0.4, -0.2) is 29.2 Å². The number of amides is 1.